The second kappa shape index (κ2) is 7.41. The molecule has 2 atom stereocenters. The van der Waals surface area contributed by atoms with Gasteiger partial charge in [-0.25, -0.2) is 9.50 Å². The number of amides is 1. The molecule has 0 saturated carbocycles. The molecule has 30 heavy (non-hydrogen) atoms. The third-order valence-electron chi connectivity index (χ3n) is 6.30. The first-order chi connectivity index (χ1) is 14.5. The molecular formula is C22H28N6O2. The van der Waals surface area contributed by atoms with Crippen molar-refractivity contribution in [3.05, 3.63) is 41.0 Å². The number of fused-ring (bicyclic) bond motifs is 1. The summed E-state index contributed by atoms with van der Waals surface area (Å²) in [6.07, 6.45) is 6.21. The number of hydrogen-bond acceptors (Lipinski definition) is 6. The molecule has 3 aromatic rings. The first-order valence-electron chi connectivity index (χ1n) is 10.9. The monoisotopic (exact) mass is 408 g/mol. The van der Waals surface area contributed by atoms with Crippen molar-refractivity contribution in [2.75, 3.05) is 24.5 Å². The van der Waals surface area contributed by atoms with E-state index in [2.05, 4.69) is 30.1 Å². The zero-order valence-corrected chi connectivity index (χ0v) is 17.8. The topological polar surface area (TPSA) is 79.8 Å². The fourth-order valence-corrected chi connectivity index (χ4v) is 4.73. The number of nitrogens with zero attached hydrogens (tertiary/aromatic N) is 6. The molecule has 8 nitrogen and oxygen atoms in total. The van der Waals surface area contributed by atoms with Crippen LogP contribution >= 0.6 is 0 Å². The lowest BCUT2D eigenvalue weighted by atomic mass is 9.99. The average Bonchev–Trinajstić information content (AvgIpc) is 3.46. The molecule has 8 heteroatoms. The van der Waals surface area contributed by atoms with Crippen LogP contribution in [0.2, 0.25) is 0 Å². The van der Waals surface area contributed by atoms with Gasteiger partial charge >= 0.3 is 0 Å². The molecule has 5 rings (SSSR count). The largest absolute Gasteiger partial charge is 0.361 e. The molecule has 0 radical (unpaired) electrons. The SMILES string of the molecule is Cc1cc(C(=O)N2CCCC[C@H]2c2cc3nc(N4CC[C@H](C)C4)c(C)cn3n2)no1. The van der Waals surface area contributed by atoms with Crippen LogP contribution in [0.5, 0.6) is 0 Å². The number of likely N-dealkylation sites (tertiary alicyclic amines) is 1. The van der Waals surface area contributed by atoms with Crippen molar-refractivity contribution >= 4 is 17.4 Å². The Morgan fingerprint density at radius 2 is 2.03 bits per heavy atom. The van der Waals surface area contributed by atoms with Gasteiger partial charge in [-0.15, -0.1) is 0 Å². The maximum Gasteiger partial charge on any atom is 0.276 e. The lowest BCUT2D eigenvalue weighted by molar-refractivity contribution is 0.0595. The summed E-state index contributed by atoms with van der Waals surface area (Å²) in [5.41, 5.74) is 3.21. The van der Waals surface area contributed by atoms with Crippen molar-refractivity contribution in [3.8, 4) is 0 Å². The third-order valence-corrected chi connectivity index (χ3v) is 6.30. The van der Waals surface area contributed by atoms with Gasteiger partial charge < -0.3 is 14.3 Å². The summed E-state index contributed by atoms with van der Waals surface area (Å²) in [4.78, 5) is 22.3. The van der Waals surface area contributed by atoms with Gasteiger partial charge in [-0.05, 0) is 45.4 Å². The van der Waals surface area contributed by atoms with Crippen LogP contribution in [0.15, 0.2) is 22.9 Å². The molecule has 0 N–H and O–H groups in total. The molecule has 0 spiro atoms. The lowest BCUT2D eigenvalue weighted by Crippen LogP contribution is -2.38. The maximum absolute atomic E-state index is 13.1. The van der Waals surface area contributed by atoms with E-state index in [1.54, 1.807) is 13.0 Å². The quantitative estimate of drug-likeness (QED) is 0.659. The predicted molar refractivity (Wildman–Crippen MR) is 113 cm³/mol. The number of carbonyl (C=O) groups excluding carboxylic acids is 1. The highest BCUT2D eigenvalue weighted by Crippen LogP contribution is 2.33. The highest BCUT2D eigenvalue weighted by Gasteiger charge is 2.32. The van der Waals surface area contributed by atoms with E-state index in [0.29, 0.717) is 23.9 Å². The predicted octanol–water partition coefficient (Wildman–Crippen LogP) is 3.55. The highest BCUT2D eigenvalue weighted by molar-refractivity contribution is 5.92. The second-order valence-corrected chi connectivity index (χ2v) is 8.79. The number of rotatable bonds is 3. The Kier molecular flexibility index (Phi) is 4.72. The summed E-state index contributed by atoms with van der Waals surface area (Å²) in [6.45, 7) is 8.98. The van der Waals surface area contributed by atoms with E-state index >= 15 is 0 Å². The fraction of sp³-hybridized carbons (Fsp3) is 0.545. The van der Waals surface area contributed by atoms with Gasteiger partial charge in [0.25, 0.3) is 5.91 Å². The van der Waals surface area contributed by atoms with E-state index in [4.69, 9.17) is 14.6 Å². The first-order valence-corrected chi connectivity index (χ1v) is 10.9. The van der Waals surface area contributed by atoms with Crippen LogP contribution in [0, 0.1) is 19.8 Å². The summed E-state index contributed by atoms with van der Waals surface area (Å²) in [5, 5.41) is 8.73. The van der Waals surface area contributed by atoms with Crippen molar-refractivity contribution in [3.63, 3.8) is 0 Å². The van der Waals surface area contributed by atoms with Gasteiger partial charge in [0.1, 0.15) is 11.6 Å². The minimum Gasteiger partial charge on any atom is -0.361 e. The number of anilines is 1. The zero-order chi connectivity index (χ0) is 20.8. The minimum atomic E-state index is -0.0931. The molecule has 158 valence electrons. The number of aryl methyl sites for hydroxylation is 2. The van der Waals surface area contributed by atoms with Crippen molar-refractivity contribution in [2.24, 2.45) is 5.92 Å². The summed E-state index contributed by atoms with van der Waals surface area (Å²) < 4.78 is 6.97. The Morgan fingerprint density at radius 3 is 2.77 bits per heavy atom. The van der Waals surface area contributed by atoms with Gasteiger partial charge in [0.15, 0.2) is 11.3 Å². The summed E-state index contributed by atoms with van der Waals surface area (Å²) in [5.74, 6) is 2.30. The molecule has 0 unspecified atom stereocenters. The number of hydrogen-bond donors (Lipinski definition) is 0. The van der Waals surface area contributed by atoms with E-state index in [9.17, 15) is 4.79 Å². The summed E-state index contributed by atoms with van der Waals surface area (Å²) in [7, 11) is 0. The van der Waals surface area contributed by atoms with Crippen LogP contribution in [-0.2, 0) is 0 Å². The van der Waals surface area contributed by atoms with Gasteiger partial charge in [-0.1, -0.05) is 12.1 Å². The van der Waals surface area contributed by atoms with Crippen LogP contribution < -0.4 is 4.90 Å². The Balaban J connectivity index is 1.47. The van der Waals surface area contributed by atoms with E-state index < -0.39 is 0 Å². The molecule has 0 aliphatic carbocycles. The van der Waals surface area contributed by atoms with Crippen LogP contribution in [0.3, 0.4) is 0 Å². The van der Waals surface area contributed by atoms with Crippen molar-refractivity contribution in [1.29, 1.82) is 0 Å². The Bertz CT molecular complexity index is 1090. The molecular weight excluding hydrogens is 380 g/mol. The molecule has 0 bridgehead atoms. The van der Waals surface area contributed by atoms with Crippen molar-refractivity contribution < 1.29 is 9.32 Å². The Morgan fingerprint density at radius 1 is 1.17 bits per heavy atom. The van der Waals surface area contributed by atoms with Gasteiger partial charge in [-0.3, -0.25) is 4.79 Å². The number of piperidine rings is 1. The standard InChI is InChI=1S/C22H28N6O2/c1-14-7-9-26(12-14)21-15(2)13-28-20(23-21)11-17(24-28)19-6-4-5-8-27(19)22(29)18-10-16(3)30-25-18/h10-11,13-14,19H,4-9,12H2,1-3H3/t14-,19-/m0/s1. The zero-order valence-electron chi connectivity index (χ0n) is 17.8. The molecule has 0 aromatic carbocycles. The van der Waals surface area contributed by atoms with Crippen LogP contribution in [0.25, 0.3) is 5.65 Å². The second-order valence-electron chi connectivity index (χ2n) is 8.79. The minimum absolute atomic E-state index is 0.0690. The molecule has 2 saturated heterocycles. The van der Waals surface area contributed by atoms with Gasteiger partial charge in [-0.2, -0.15) is 5.10 Å². The molecule has 1 amide bonds. The molecule has 2 fully saturated rings. The average molecular weight is 409 g/mol. The van der Waals surface area contributed by atoms with Gasteiger partial charge in [0.2, 0.25) is 0 Å². The van der Waals surface area contributed by atoms with Crippen LogP contribution in [0.4, 0.5) is 5.82 Å². The van der Waals surface area contributed by atoms with Crippen molar-refractivity contribution in [1.82, 2.24) is 24.7 Å². The van der Waals surface area contributed by atoms with E-state index in [-0.39, 0.29) is 11.9 Å². The van der Waals surface area contributed by atoms with Gasteiger partial charge in [0, 0.05) is 43.5 Å². The summed E-state index contributed by atoms with van der Waals surface area (Å²) in [6, 6.07) is 3.67. The Hall–Kier alpha value is -2.90. The van der Waals surface area contributed by atoms with Crippen LogP contribution in [-0.4, -0.2) is 50.2 Å². The van der Waals surface area contributed by atoms with E-state index in [0.717, 1.165) is 55.1 Å². The van der Waals surface area contributed by atoms with E-state index in [1.165, 1.54) is 6.42 Å². The molecule has 2 aliphatic heterocycles. The van der Waals surface area contributed by atoms with Gasteiger partial charge in [0.05, 0.1) is 11.7 Å². The van der Waals surface area contributed by atoms with Crippen molar-refractivity contribution in [2.45, 2.75) is 52.5 Å². The molecule has 3 aromatic heterocycles. The normalized spacial score (nSPS) is 22.2. The molecule has 2 aliphatic rings. The number of carbonyl (C=O) groups is 1. The van der Waals surface area contributed by atoms with Crippen LogP contribution in [0.1, 0.15) is 66.2 Å². The first kappa shape index (κ1) is 19.1. The highest BCUT2D eigenvalue weighted by atomic mass is 16.5. The lowest BCUT2D eigenvalue weighted by Gasteiger charge is -2.34. The smallest absolute Gasteiger partial charge is 0.276 e. The van der Waals surface area contributed by atoms with E-state index in [1.807, 2.05) is 15.5 Å². The summed E-state index contributed by atoms with van der Waals surface area (Å²) >= 11 is 0. The fourth-order valence-electron chi connectivity index (χ4n) is 4.73. The third kappa shape index (κ3) is 3.34. The Labute approximate surface area is 175 Å². The number of aromatic nitrogens is 4. The maximum atomic E-state index is 13.1. The molecule has 5 heterocycles.